The predicted octanol–water partition coefficient (Wildman–Crippen LogP) is 1.97. The third-order valence-electron chi connectivity index (χ3n) is 2.33. The number of hydrogen-bond donors (Lipinski definition) is 0. The smallest absolute Gasteiger partial charge is 0.153 e. The van der Waals surface area contributed by atoms with Crippen molar-refractivity contribution in [2.45, 2.75) is 11.4 Å². The van der Waals surface area contributed by atoms with Gasteiger partial charge in [-0.2, -0.15) is 0 Å². The molecule has 0 fully saturated rings. The first-order chi connectivity index (χ1) is 6.33. The highest BCUT2D eigenvalue weighted by molar-refractivity contribution is 9.10. The van der Waals surface area contributed by atoms with E-state index >= 15 is 0 Å². The molecule has 2 rings (SSSR count). The Hall–Kier alpha value is -0.830. The number of rotatable bonds is 2. The Balaban J connectivity index is 2.33. The molecule has 0 saturated heterocycles. The van der Waals surface area contributed by atoms with E-state index in [-0.39, 0.29) is 4.95 Å². The minimum absolute atomic E-state index is 0.184. The summed E-state index contributed by atoms with van der Waals surface area (Å²) in [6.45, 7) is 0.925. The summed E-state index contributed by atoms with van der Waals surface area (Å²) in [6, 6.07) is 8.20. The second-order valence-corrected chi connectivity index (χ2v) is 4.02. The maximum Gasteiger partial charge on any atom is 0.153 e. The van der Waals surface area contributed by atoms with Gasteiger partial charge in [0, 0.05) is 12.2 Å². The van der Waals surface area contributed by atoms with Gasteiger partial charge in [-0.05, 0) is 18.1 Å². The van der Waals surface area contributed by atoms with E-state index in [4.69, 9.17) is 0 Å². The third-order valence-corrected chi connectivity index (χ3v) is 3.04. The molecule has 0 amide bonds. The Labute approximate surface area is 85.7 Å². The van der Waals surface area contributed by atoms with E-state index in [1.807, 2.05) is 12.1 Å². The summed E-state index contributed by atoms with van der Waals surface area (Å²) in [4.78, 5) is 12.5. The summed E-state index contributed by atoms with van der Waals surface area (Å²) in [7, 11) is 0. The normalized spacial score (nSPS) is 16.8. The van der Waals surface area contributed by atoms with Gasteiger partial charge in [-0.25, -0.2) is 0 Å². The van der Waals surface area contributed by atoms with Crippen molar-refractivity contribution < 1.29 is 4.79 Å². The van der Waals surface area contributed by atoms with E-state index in [9.17, 15) is 4.79 Å². The largest absolute Gasteiger partial charge is 0.352 e. The number of hydrogen-bond acceptors (Lipinski definition) is 2. The number of nitrogens with zero attached hydrogens (tertiary/aromatic N) is 1. The van der Waals surface area contributed by atoms with Gasteiger partial charge < -0.3 is 9.69 Å². The van der Waals surface area contributed by atoms with Gasteiger partial charge in [0.1, 0.15) is 4.95 Å². The number of anilines is 1. The molecule has 1 aliphatic heterocycles. The molecule has 13 heavy (non-hydrogen) atoms. The number of carbonyl (C=O) groups is 1. The molecule has 3 heteroatoms. The first-order valence-electron chi connectivity index (χ1n) is 4.27. The van der Waals surface area contributed by atoms with Crippen molar-refractivity contribution in [2.24, 2.45) is 0 Å². The summed E-state index contributed by atoms with van der Waals surface area (Å²) >= 11 is 3.33. The standard InChI is InChI=1S/C10H10BrNO/c11-10(7-13)12-6-5-8-3-1-2-4-9(8)12/h1-4,7,10H,5-6H2. The summed E-state index contributed by atoms with van der Waals surface area (Å²) in [6.07, 6.45) is 1.95. The first-order valence-corrected chi connectivity index (χ1v) is 5.18. The zero-order valence-electron chi connectivity index (χ0n) is 7.11. The van der Waals surface area contributed by atoms with Gasteiger partial charge >= 0.3 is 0 Å². The van der Waals surface area contributed by atoms with Crippen LogP contribution < -0.4 is 4.90 Å². The molecule has 2 nitrogen and oxygen atoms in total. The number of halogens is 1. The highest BCUT2D eigenvalue weighted by atomic mass is 79.9. The summed E-state index contributed by atoms with van der Waals surface area (Å²) in [5.74, 6) is 0. The van der Waals surface area contributed by atoms with E-state index in [1.165, 1.54) is 11.3 Å². The molecule has 68 valence electrons. The molecule has 0 saturated carbocycles. The number of alkyl halides is 1. The van der Waals surface area contributed by atoms with Crippen LogP contribution in [0.25, 0.3) is 0 Å². The molecule has 0 spiro atoms. The van der Waals surface area contributed by atoms with Crippen molar-refractivity contribution in [1.29, 1.82) is 0 Å². The van der Waals surface area contributed by atoms with E-state index in [0.29, 0.717) is 0 Å². The fourth-order valence-corrected chi connectivity index (χ4v) is 2.12. The van der Waals surface area contributed by atoms with Gasteiger partial charge in [0.05, 0.1) is 0 Å². The van der Waals surface area contributed by atoms with Crippen LogP contribution in [0.5, 0.6) is 0 Å². The lowest BCUT2D eigenvalue weighted by molar-refractivity contribution is -0.107. The molecule has 1 aliphatic rings. The second-order valence-electron chi connectivity index (χ2n) is 3.08. The lowest BCUT2D eigenvalue weighted by Gasteiger charge is -2.20. The van der Waals surface area contributed by atoms with Crippen LogP contribution in [0.15, 0.2) is 24.3 Å². The number of aldehydes is 1. The average Bonchev–Trinajstić information content (AvgIpc) is 2.60. The molecule has 0 N–H and O–H groups in total. The van der Waals surface area contributed by atoms with Gasteiger partial charge in [0.2, 0.25) is 0 Å². The van der Waals surface area contributed by atoms with Crippen LogP contribution in [-0.4, -0.2) is 17.8 Å². The second kappa shape index (κ2) is 3.50. The van der Waals surface area contributed by atoms with Crippen molar-refractivity contribution in [1.82, 2.24) is 0 Å². The fraction of sp³-hybridized carbons (Fsp3) is 0.300. The Morgan fingerprint density at radius 2 is 2.23 bits per heavy atom. The topological polar surface area (TPSA) is 20.3 Å². The quantitative estimate of drug-likeness (QED) is 0.447. The van der Waals surface area contributed by atoms with Crippen LogP contribution in [0.2, 0.25) is 0 Å². The molecule has 0 radical (unpaired) electrons. The minimum Gasteiger partial charge on any atom is -0.352 e. The van der Waals surface area contributed by atoms with Crippen molar-refractivity contribution in [2.75, 3.05) is 11.4 Å². The predicted molar refractivity (Wildman–Crippen MR) is 56.3 cm³/mol. The van der Waals surface area contributed by atoms with E-state index in [2.05, 4.69) is 33.0 Å². The highest BCUT2D eigenvalue weighted by Crippen LogP contribution is 2.29. The Morgan fingerprint density at radius 3 is 3.00 bits per heavy atom. The summed E-state index contributed by atoms with van der Waals surface area (Å²) < 4.78 is 0. The van der Waals surface area contributed by atoms with Gasteiger partial charge in [-0.15, -0.1) is 0 Å². The molecule has 0 aromatic heterocycles. The number of carbonyl (C=O) groups excluding carboxylic acids is 1. The fourth-order valence-electron chi connectivity index (χ4n) is 1.69. The summed E-state index contributed by atoms with van der Waals surface area (Å²) in [5, 5.41) is 0. The van der Waals surface area contributed by atoms with Gasteiger partial charge in [-0.3, -0.25) is 0 Å². The molecular formula is C10H10BrNO. The van der Waals surface area contributed by atoms with Crippen molar-refractivity contribution in [3.63, 3.8) is 0 Å². The van der Waals surface area contributed by atoms with E-state index in [0.717, 1.165) is 19.3 Å². The van der Waals surface area contributed by atoms with Crippen LogP contribution >= 0.6 is 15.9 Å². The minimum atomic E-state index is -0.184. The van der Waals surface area contributed by atoms with Crippen molar-refractivity contribution in [3.05, 3.63) is 29.8 Å². The Bertz CT molecular complexity index is 326. The van der Waals surface area contributed by atoms with E-state index < -0.39 is 0 Å². The average molecular weight is 240 g/mol. The van der Waals surface area contributed by atoms with Crippen LogP contribution in [0, 0.1) is 0 Å². The summed E-state index contributed by atoms with van der Waals surface area (Å²) in [5.41, 5.74) is 2.50. The number of fused-ring (bicyclic) bond motifs is 1. The SMILES string of the molecule is O=CC(Br)N1CCc2ccccc21. The molecular weight excluding hydrogens is 230 g/mol. The van der Waals surface area contributed by atoms with Crippen LogP contribution in [-0.2, 0) is 11.2 Å². The Kier molecular flexibility index (Phi) is 2.36. The molecule has 1 aromatic rings. The molecule has 1 heterocycles. The lowest BCUT2D eigenvalue weighted by Crippen LogP contribution is -2.29. The van der Waals surface area contributed by atoms with Crippen LogP contribution in [0.1, 0.15) is 5.56 Å². The molecule has 0 aliphatic carbocycles. The van der Waals surface area contributed by atoms with E-state index in [1.54, 1.807) is 0 Å². The van der Waals surface area contributed by atoms with Crippen molar-refractivity contribution >= 4 is 27.9 Å². The molecule has 1 atom stereocenters. The van der Waals surface area contributed by atoms with Crippen molar-refractivity contribution in [3.8, 4) is 0 Å². The lowest BCUT2D eigenvalue weighted by atomic mass is 10.2. The monoisotopic (exact) mass is 239 g/mol. The van der Waals surface area contributed by atoms with Crippen LogP contribution in [0.3, 0.4) is 0 Å². The third kappa shape index (κ3) is 1.48. The zero-order valence-corrected chi connectivity index (χ0v) is 8.70. The van der Waals surface area contributed by atoms with Gasteiger partial charge in [0.25, 0.3) is 0 Å². The number of para-hydroxylation sites is 1. The zero-order chi connectivity index (χ0) is 9.26. The molecule has 1 aromatic carbocycles. The first kappa shape index (κ1) is 8.75. The highest BCUT2D eigenvalue weighted by Gasteiger charge is 2.22. The molecule has 0 bridgehead atoms. The maximum absolute atomic E-state index is 10.6. The maximum atomic E-state index is 10.6. The van der Waals surface area contributed by atoms with Gasteiger partial charge in [0.15, 0.2) is 6.29 Å². The van der Waals surface area contributed by atoms with Gasteiger partial charge in [-0.1, -0.05) is 34.1 Å². The van der Waals surface area contributed by atoms with Crippen LogP contribution in [0.4, 0.5) is 5.69 Å². The molecule has 1 unspecified atom stereocenters. The Morgan fingerprint density at radius 1 is 1.46 bits per heavy atom. The number of benzene rings is 1.